The number of rotatable bonds is 7. The summed E-state index contributed by atoms with van der Waals surface area (Å²) in [6, 6.07) is 16.7. The van der Waals surface area contributed by atoms with Gasteiger partial charge in [-0.15, -0.1) is 0 Å². The Morgan fingerprint density at radius 1 is 0.939 bits per heavy atom. The number of amides is 1. The van der Waals surface area contributed by atoms with Crippen LogP contribution in [0.15, 0.2) is 48.5 Å². The van der Waals surface area contributed by atoms with Gasteiger partial charge in [-0.05, 0) is 35.1 Å². The number of nitrogens with zero attached hydrogens (tertiary/aromatic N) is 1. The van der Waals surface area contributed by atoms with Crippen molar-refractivity contribution in [1.29, 1.82) is 0 Å². The molecule has 33 heavy (non-hydrogen) atoms. The predicted octanol–water partition coefficient (Wildman–Crippen LogP) is 1.73. The molecule has 0 radical (unpaired) electrons. The van der Waals surface area contributed by atoms with Gasteiger partial charge in [0.15, 0.2) is 0 Å². The van der Waals surface area contributed by atoms with Gasteiger partial charge in [-0.2, -0.15) is 0 Å². The molecule has 0 atom stereocenters. The highest BCUT2D eigenvalue weighted by atomic mass is 32.2. The summed E-state index contributed by atoms with van der Waals surface area (Å²) in [6.45, 7) is 4.85. The molecule has 0 unspecified atom stereocenters. The van der Waals surface area contributed by atoms with Crippen molar-refractivity contribution in [2.45, 2.75) is 31.5 Å². The van der Waals surface area contributed by atoms with E-state index in [-0.39, 0.29) is 24.3 Å². The third kappa shape index (κ3) is 5.99. The van der Waals surface area contributed by atoms with Crippen LogP contribution < -0.4 is 10.8 Å². The van der Waals surface area contributed by atoms with Gasteiger partial charge < -0.3 is 4.74 Å². The summed E-state index contributed by atoms with van der Waals surface area (Å²) >= 11 is 0. The number of hydrogen-bond donors (Lipinski definition) is 3. The number of carbonyl (C=O) groups excluding carboxylic acids is 1. The molecule has 2 heterocycles. The van der Waals surface area contributed by atoms with E-state index in [1.54, 1.807) is 5.48 Å². The van der Waals surface area contributed by atoms with Gasteiger partial charge >= 0.3 is 0 Å². The van der Waals surface area contributed by atoms with Crippen LogP contribution in [0.5, 0.6) is 0 Å². The zero-order valence-electron chi connectivity index (χ0n) is 18.6. The second-order valence-electron chi connectivity index (χ2n) is 8.81. The largest absolute Gasteiger partial charge is 0.379 e. The Kier molecular flexibility index (Phi) is 7.45. The van der Waals surface area contributed by atoms with E-state index in [0.29, 0.717) is 6.54 Å². The first-order chi connectivity index (χ1) is 15.9. The molecular weight excluding hydrogens is 442 g/mol. The smallest absolute Gasteiger partial charge is 0.263 e. The van der Waals surface area contributed by atoms with Crippen LogP contribution in [0.1, 0.15) is 24.0 Å². The molecule has 2 saturated heterocycles. The van der Waals surface area contributed by atoms with Gasteiger partial charge in [-0.25, -0.2) is 13.9 Å². The van der Waals surface area contributed by atoms with E-state index in [0.717, 1.165) is 49.5 Å². The van der Waals surface area contributed by atoms with Crippen molar-refractivity contribution in [1.82, 2.24) is 15.7 Å². The van der Waals surface area contributed by atoms with Crippen molar-refractivity contribution in [2.24, 2.45) is 0 Å². The third-order valence-corrected chi connectivity index (χ3v) is 8.25. The maximum absolute atomic E-state index is 12.3. The van der Waals surface area contributed by atoms with Crippen LogP contribution in [0.2, 0.25) is 0 Å². The molecular formula is C24H31N3O5S. The van der Waals surface area contributed by atoms with Crippen LogP contribution in [-0.4, -0.2) is 67.8 Å². The molecule has 0 saturated carbocycles. The molecule has 0 spiro atoms. The normalized spacial score (nSPS) is 20.3. The lowest BCUT2D eigenvalue weighted by Crippen LogP contribution is -2.59. The second kappa shape index (κ2) is 10.3. The number of hydroxylamine groups is 1. The molecule has 0 bridgehead atoms. The van der Waals surface area contributed by atoms with Gasteiger partial charge in [0.2, 0.25) is 0 Å². The van der Waals surface area contributed by atoms with Crippen LogP contribution in [0, 0.1) is 0 Å². The van der Waals surface area contributed by atoms with E-state index in [1.165, 1.54) is 5.56 Å². The Morgan fingerprint density at radius 3 is 2.03 bits per heavy atom. The summed E-state index contributed by atoms with van der Waals surface area (Å²) in [7, 11) is -3.14. The average Bonchev–Trinajstić information content (AvgIpc) is 2.85. The van der Waals surface area contributed by atoms with E-state index in [1.807, 2.05) is 24.3 Å². The molecule has 2 aromatic carbocycles. The molecule has 8 nitrogen and oxygen atoms in total. The second-order valence-corrected chi connectivity index (χ2v) is 11.1. The van der Waals surface area contributed by atoms with Crippen molar-refractivity contribution in [3.63, 3.8) is 0 Å². The van der Waals surface area contributed by atoms with Gasteiger partial charge in [0.1, 0.15) is 15.4 Å². The van der Waals surface area contributed by atoms with Crippen molar-refractivity contribution >= 4 is 15.7 Å². The van der Waals surface area contributed by atoms with Crippen molar-refractivity contribution in [2.75, 3.05) is 37.8 Å². The van der Waals surface area contributed by atoms with Gasteiger partial charge in [-0.1, -0.05) is 48.5 Å². The zero-order chi connectivity index (χ0) is 23.3. The maximum atomic E-state index is 12.3. The highest BCUT2D eigenvalue weighted by Gasteiger charge is 2.43. The molecule has 0 aromatic heterocycles. The highest BCUT2D eigenvalue weighted by Crippen LogP contribution is 2.26. The number of hydrogen-bond acceptors (Lipinski definition) is 7. The number of ether oxygens (including phenoxy) is 1. The summed E-state index contributed by atoms with van der Waals surface area (Å²) in [5.41, 5.74) is 5.09. The quantitative estimate of drug-likeness (QED) is 0.415. The lowest BCUT2D eigenvalue weighted by atomic mass is 9.91. The average molecular weight is 474 g/mol. The monoisotopic (exact) mass is 473 g/mol. The first kappa shape index (κ1) is 23.8. The van der Waals surface area contributed by atoms with Gasteiger partial charge in [0, 0.05) is 26.2 Å². The van der Waals surface area contributed by atoms with E-state index in [4.69, 9.17) is 9.94 Å². The third-order valence-electron chi connectivity index (χ3n) is 6.60. The Balaban J connectivity index is 1.37. The van der Waals surface area contributed by atoms with Crippen molar-refractivity contribution < 1.29 is 23.2 Å². The van der Waals surface area contributed by atoms with Crippen LogP contribution in [-0.2, 0) is 32.5 Å². The molecule has 2 aliphatic heterocycles. The van der Waals surface area contributed by atoms with Crippen LogP contribution in [0.4, 0.5) is 0 Å². The minimum Gasteiger partial charge on any atom is -0.379 e. The summed E-state index contributed by atoms with van der Waals surface area (Å²) in [5.74, 6) is -0.743. The number of nitrogens with one attached hydrogen (secondary N) is 2. The van der Waals surface area contributed by atoms with E-state index >= 15 is 0 Å². The molecule has 9 heteroatoms. The van der Waals surface area contributed by atoms with Crippen LogP contribution in [0.3, 0.4) is 0 Å². The molecule has 178 valence electrons. The number of benzene rings is 2. The Labute approximate surface area is 194 Å². The van der Waals surface area contributed by atoms with Gasteiger partial charge in [0.05, 0.1) is 24.7 Å². The Morgan fingerprint density at radius 2 is 1.48 bits per heavy atom. The van der Waals surface area contributed by atoms with Crippen molar-refractivity contribution in [3.05, 3.63) is 59.7 Å². The molecule has 1 amide bonds. The van der Waals surface area contributed by atoms with Crippen LogP contribution >= 0.6 is 0 Å². The number of carbonyl (C=O) groups is 1. The SMILES string of the molecule is O=C(NO)C1(NCc2ccc(-c3ccc(CN4CCOCC4)cc3)cc2)CCS(=O)(=O)CC1. The number of sulfone groups is 1. The minimum atomic E-state index is -3.14. The predicted molar refractivity (Wildman–Crippen MR) is 125 cm³/mol. The van der Waals surface area contributed by atoms with Gasteiger partial charge in [0.25, 0.3) is 5.91 Å². The zero-order valence-corrected chi connectivity index (χ0v) is 19.4. The lowest BCUT2D eigenvalue weighted by molar-refractivity contribution is -0.136. The van der Waals surface area contributed by atoms with Crippen LogP contribution in [0.25, 0.3) is 11.1 Å². The first-order valence-corrected chi connectivity index (χ1v) is 13.1. The highest BCUT2D eigenvalue weighted by molar-refractivity contribution is 7.91. The Hall–Kier alpha value is -2.30. The molecule has 2 aromatic rings. The molecule has 0 aliphatic carbocycles. The fraction of sp³-hybridized carbons (Fsp3) is 0.458. The fourth-order valence-corrected chi connectivity index (χ4v) is 5.91. The Bertz CT molecular complexity index is 1030. The minimum absolute atomic E-state index is 0.0755. The van der Waals surface area contributed by atoms with E-state index < -0.39 is 21.3 Å². The first-order valence-electron chi connectivity index (χ1n) is 11.3. The topological polar surface area (TPSA) is 108 Å². The van der Waals surface area contributed by atoms with Crippen molar-refractivity contribution in [3.8, 4) is 11.1 Å². The molecule has 3 N–H and O–H groups in total. The molecule has 2 aliphatic rings. The lowest BCUT2D eigenvalue weighted by Gasteiger charge is -2.35. The van der Waals surface area contributed by atoms with Gasteiger partial charge in [-0.3, -0.25) is 20.2 Å². The summed E-state index contributed by atoms with van der Waals surface area (Å²) in [6.07, 6.45) is 0.271. The summed E-state index contributed by atoms with van der Waals surface area (Å²) in [5, 5.41) is 12.4. The summed E-state index contributed by atoms with van der Waals surface area (Å²) < 4.78 is 29.0. The molecule has 4 rings (SSSR count). The molecule has 2 fully saturated rings. The maximum Gasteiger partial charge on any atom is 0.263 e. The van der Waals surface area contributed by atoms with E-state index in [2.05, 4.69) is 34.5 Å². The van der Waals surface area contributed by atoms with E-state index in [9.17, 15) is 13.2 Å². The summed E-state index contributed by atoms with van der Waals surface area (Å²) in [4.78, 5) is 14.7. The fourth-order valence-electron chi connectivity index (χ4n) is 4.38. The number of morpholine rings is 1. The standard InChI is InChI=1S/C24H31N3O5S/c28-23(26-29)24(9-15-33(30,31)16-10-24)25-17-19-1-5-21(6-2-19)22-7-3-20(4-8-22)18-27-11-13-32-14-12-27/h1-8,25,29H,9-18H2,(H,26,28).